The average molecular weight is 219 g/mol. The summed E-state index contributed by atoms with van der Waals surface area (Å²) in [5.74, 6) is 4.78. The Morgan fingerprint density at radius 2 is 2.27 bits per heavy atom. The molecule has 4 N–H and O–H groups in total. The Labute approximate surface area is 90.3 Å². The van der Waals surface area contributed by atoms with Crippen molar-refractivity contribution in [2.45, 2.75) is 25.5 Å². The summed E-state index contributed by atoms with van der Waals surface area (Å²) < 4.78 is 4.93. The van der Waals surface area contributed by atoms with E-state index in [9.17, 15) is 4.79 Å². The van der Waals surface area contributed by atoms with E-state index in [0.717, 1.165) is 0 Å². The number of likely N-dealkylation sites (N-methyl/N-ethyl adjacent to an activating group) is 1. The molecule has 6 nitrogen and oxygen atoms in total. The first-order chi connectivity index (χ1) is 7.02. The van der Waals surface area contributed by atoms with Crippen molar-refractivity contribution >= 4 is 5.91 Å². The Hall–Kier alpha value is -0.690. The number of carbonyl (C=O) groups is 1. The fourth-order valence-corrected chi connectivity index (χ4v) is 1.20. The lowest BCUT2D eigenvalue weighted by Crippen LogP contribution is -2.50. The molecule has 2 atom stereocenters. The van der Waals surface area contributed by atoms with Crippen LogP contribution in [0.5, 0.6) is 0 Å². The Balaban J connectivity index is 4.15. The van der Waals surface area contributed by atoms with Crippen LogP contribution in [0, 0.1) is 0 Å². The zero-order chi connectivity index (χ0) is 11.8. The smallest absolute Gasteiger partial charge is 0.253 e. The fourth-order valence-electron chi connectivity index (χ4n) is 1.20. The Morgan fingerprint density at radius 1 is 1.67 bits per heavy atom. The predicted molar refractivity (Wildman–Crippen MR) is 56.9 cm³/mol. The van der Waals surface area contributed by atoms with Crippen LogP contribution in [0.25, 0.3) is 0 Å². The third-order valence-electron chi connectivity index (χ3n) is 2.20. The normalized spacial score (nSPS) is 15.1. The monoisotopic (exact) mass is 219 g/mol. The van der Waals surface area contributed by atoms with Crippen molar-refractivity contribution in [1.82, 2.24) is 10.3 Å². The lowest BCUT2D eigenvalue weighted by atomic mass is 10.2. The molecule has 0 bridgehead atoms. The van der Waals surface area contributed by atoms with E-state index < -0.39 is 6.04 Å². The quantitative estimate of drug-likeness (QED) is 0.281. The number of rotatable bonds is 7. The lowest BCUT2D eigenvalue weighted by Gasteiger charge is -2.26. The van der Waals surface area contributed by atoms with E-state index in [1.165, 1.54) is 7.11 Å². The van der Waals surface area contributed by atoms with Gasteiger partial charge in [0.15, 0.2) is 0 Å². The molecule has 0 radical (unpaired) electrons. The number of hydrogen-bond acceptors (Lipinski definition) is 5. The highest BCUT2D eigenvalue weighted by atomic mass is 16.5. The SMILES string of the molecule is COCC(C(=O)NN)N(C)CCC(C)O. The summed E-state index contributed by atoms with van der Waals surface area (Å²) in [5, 5.41) is 9.13. The number of amides is 1. The molecule has 2 unspecified atom stereocenters. The molecule has 0 aliphatic heterocycles. The van der Waals surface area contributed by atoms with Crippen LogP contribution in [-0.2, 0) is 9.53 Å². The van der Waals surface area contributed by atoms with Crippen LogP contribution >= 0.6 is 0 Å². The highest BCUT2D eigenvalue weighted by molar-refractivity contribution is 5.81. The Kier molecular flexibility index (Phi) is 7.23. The maximum atomic E-state index is 11.4. The maximum absolute atomic E-state index is 11.4. The van der Waals surface area contributed by atoms with Crippen LogP contribution < -0.4 is 11.3 Å². The lowest BCUT2D eigenvalue weighted by molar-refractivity contribution is -0.128. The van der Waals surface area contributed by atoms with E-state index in [1.54, 1.807) is 18.9 Å². The van der Waals surface area contributed by atoms with Gasteiger partial charge in [-0.1, -0.05) is 0 Å². The minimum absolute atomic E-state index is 0.277. The third-order valence-corrected chi connectivity index (χ3v) is 2.20. The molecular weight excluding hydrogens is 198 g/mol. The molecule has 15 heavy (non-hydrogen) atoms. The average Bonchev–Trinajstić information content (AvgIpc) is 2.21. The van der Waals surface area contributed by atoms with E-state index in [-0.39, 0.29) is 18.6 Å². The van der Waals surface area contributed by atoms with Gasteiger partial charge in [-0.2, -0.15) is 0 Å². The van der Waals surface area contributed by atoms with Gasteiger partial charge in [0.2, 0.25) is 0 Å². The second kappa shape index (κ2) is 7.58. The van der Waals surface area contributed by atoms with Crippen molar-refractivity contribution in [3.05, 3.63) is 0 Å². The Bertz CT molecular complexity index is 187. The zero-order valence-corrected chi connectivity index (χ0v) is 9.56. The number of nitrogens with two attached hydrogens (primary N) is 1. The number of hydrogen-bond donors (Lipinski definition) is 3. The summed E-state index contributed by atoms with van der Waals surface area (Å²) in [4.78, 5) is 13.2. The number of hydrazine groups is 1. The first-order valence-electron chi connectivity index (χ1n) is 4.90. The second-order valence-corrected chi connectivity index (χ2v) is 3.60. The molecule has 0 saturated carbocycles. The van der Waals surface area contributed by atoms with Gasteiger partial charge in [0, 0.05) is 13.7 Å². The van der Waals surface area contributed by atoms with Crippen molar-refractivity contribution < 1.29 is 14.6 Å². The van der Waals surface area contributed by atoms with Crippen LogP contribution in [-0.4, -0.2) is 55.4 Å². The number of aliphatic hydroxyl groups is 1. The van der Waals surface area contributed by atoms with E-state index in [1.807, 2.05) is 0 Å². The minimum Gasteiger partial charge on any atom is -0.393 e. The van der Waals surface area contributed by atoms with Gasteiger partial charge in [0.05, 0.1) is 12.7 Å². The molecule has 0 aliphatic carbocycles. The van der Waals surface area contributed by atoms with Gasteiger partial charge in [-0.05, 0) is 20.4 Å². The molecule has 0 rings (SSSR count). The molecule has 1 amide bonds. The van der Waals surface area contributed by atoms with Gasteiger partial charge in [-0.15, -0.1) is 0 Å². The van der Waals surface area contributed by atoms with E-state index >= 15 is 0 Å². The molecule has 0 aliphatic rings. The number of aliphatic hydroxyl groups excluding tert-OH is 1. The zero-order valence-electron chi connectivity index (χ0n) is 9.56. The van der Waals surface area contributed by atoms with E-state index in [4.69, 9.17) is 15.7 Å². The molecule has 0 aromatic heterocycles. The first-order valence-corrected chi connectivity index (χ1v) is 4.90. The molecule has 90 valence electrons. The molecular formula is C9H21N3O3. The van der Waals surface area contributed by atoms with Crippen molar-refractivity contribution in [3.8, 4) is 0 Å². The highest BCUT2D eigenvalue weighted by Crippen LogP contribution is 2.00. The largest absolute Gasteiger partial charge is 0.393 e. The summed E-state index contributed by atoms with van der Waals surface area (Å²) >= 11 is 0. The second-order valence-electron chi connectivity index (χ2n) is 3.60. The van der Waals surface area contributed by atoms with E-state index in [0.29, 0.717) is 13.0 Å². The van der Waals surface area contributed by atoms with Gasteiger partial charge in [-0.25, -0.2) is 5.84 Å². The summed E-state index contributed by atoms with van der Waals surface area (Å²) in [6.45, 7) is 2.60. The highest BCUT2D eigenvalue weighted by Gasteiger charge is 2.22. The number of nitrogens with zero attached hydrogens (tertiary/aromatic N) is 1. The molecule has 0 fully saturated rings. The van der Waals surface area contributed by atoms with Crippen molar-refractivity contribution in [1.29, 1.82) is 0 Å². The van der Waals surface area contributed by atoms with Gasteiger partial charge < -0.3 is 9.84 Å². The number of methoxy groups -OCH3 is 1. The van der Waals surface area contributed by atoms with Gasteiger partial charge >= 0.3 is 0 Å². The minimum atomic E-state index is -0.418. The number of nitrogens with one attached hydrogen (secondary N) is 1. The van der Waals surface area contributed by atoms with Crippen LogP contribution in [0.15, 0.2) is 0 Å². The van der Waals surface area contributed by atoms with Crippen molar-refractivity contribution in [2.24, 2.45) is 5.84 Å². The molecule has 0 heterocycles. The van der Waals surface area contributed by atoms with Crippen LogP contribution in [0.1, 0.15) is 13.3 Å². The van der Waals surface area contributed by atoms with Gasteiger partial charge in [0.25, 0.3) is 5.91 Å². The maximum Gasteiger partial charge on any atom is 0.253 e. The fraction of sp³-hybridized carbons (Fsp3) is 0.889. The van der Waals surface area contributed by atoms with E-state index in [2.05, 4.69) is 5.43 Å². The molecule has 6 heteroatoms. The van der Waals surface area contributed by atoms with Crippen molar-refractivity contribution in [2.75, 3.05) is 27.3 Å². The summed E-state index contributed by atoms with van der Waals surface area (Å²) in [6, 6.07) is -0.418. The summed E-state index contributed by atoms with van der Waals surface area (Å²) in [6.07, 6.45) is 0.228. The molecule has 0 aromatic rings. The van der Waals surface area contributed by atoms with Gasteiger partial charge in [0.1, 0.15) is 6.04 Å². The molecule has 0 aromatic carbocycles. The number of carbonyl (C=O) groups excluding carboxylic acids is 1. The summed E-state index contributed by atoms with van der Waals surface area (Å²) in [7, 11) is 3.32. The molecule has 0 saturated heterocycles. The third kappa shape index (κ3) is 5.68. The Morgan fingerprint density at radius 3 is 2.67 bits per heavy atom. The van der Waals surface area contributed by atoms with Crippen LogP contribution in [0.2, 0.25) is 0 Å². The summed E-state index contributed by atoms with van der Waals surface area (Å²) in [5.41, 5.74) is 2.10. The predicted octanol–water partition coefficient (Wildman–Crippen LogP) is -1.31. The van der Waals surface area contributed by atoms with Crippen LogP contribution in [0.3, 0.4) is 0 Å². The van der Waals surface area contributed by atoms with Crippen LogP contribution in [0.4, 0.5) is 0 Å². The standard InChI is InChI=1S/C9H21N3O3/c1-7(13)4-5-12(2)8(6-15-3)9(14)11-10/h7-8,13H,4-6,10H2,1-3H3,(H,11,14). The number of ether oxygens (including phenoxy) is 1. The van der Waals surface area contributed by atoms with Crippen molar-refractivity contribution in [3.63, 3.8) is 0 Å². The topological polar surface area (TPSA) is 87.8 Å². The first kappa shape index (κ1) is 14.3. The molecule has 0 spiro atoms. The van der Waals surface area contributed by atoms with Gasteiger partial charge in [-0.3, -0.25) is 15.1 Å².